The van der Waals surface area contributed by atoms with Crippen LogP contribution < -0.4 is 10.6 Å². The quantitative estimate of drug-likeness (QED) is 0.566. The van der Waals surface area contributed by atoms with Gasteiger partial charge in [-0.25, -0.2) is 4.79 Å². The predicted octanol–water partition coefficient (Wildman–Crippen LogP) is 0.689. The maximum Gasteiger partial charge on any atom is 0.316 e. The molecule has 0 saturated carbocycles. The number of anilines is 1. The van der Waals surface area contributed by atoms with Crippen molar-refractivity contribution >= 4 is 34.5 Å². The van der Waals surface area contributed by atoms with Crippen molar-refractivity contribution in [3.63, 3.8) is 0 Å². The number of fused-ring (bicyclic) bond motifs is 1. The lowest BCUT2D eigenvalue weighted by Crippen LogP contribution is -2.37. The first-order chi connectivity index (χ1) is 9.08. The first-order valence-corrected chi connectivity index (χ1v) is 6.01. The summed E-state index contributed by atoms with van der Waals surface area (Å²) in [5.74, 6) is 0.586. The number of hydrogen-bond donors (Lipinski definition) is 3. The standard InChI is InChI=1S/C10H14ClN7O/c1-18(2)10(19)13-4-3-12-7-6-5-14-17-8(6)16-9(11)15-7/h5H,3-4H2,1-2H3,(H,13,19)(H2,12,14,15,16,17). The van der Waals surface area contributed by atoms with E-state index in [1.165, 1.54) is 4.90 Å². The van der Waals surface area contributed by atoms with Gasteiger partial charge < -0.3 is 15.5 Å². The second-order valence-corrected chi connectivity index (χ2v) is 4.36. The van der Waals surface area contributed by atoms with Gasteiger partial charge in [-0.15, -0.1) is 0 Å². The molecule has 0 aromatic carbocycles. The summed E-state index contributed by atoms with van der Waals surface area (Å²) in [7, 11) is 3.37. The molecule has 2 amide bonds. The molecule has 0 bridgehead atoms. The summed E-state index contributed by atoms with van der Waals surface area (Å²) >= 11 is 5.80. The third-order valence-electron chi connectivity index (χ3n) is 2.38. The highest BCUT2D eigenvalue weighted by atomic mass is 35.5. The van der Waals surface area contributed by atoms with Gasteiger partial charge in [0.1, 0.15) is 5.82 Å². The van der Waals surface area contributed by atoms with Gasteiger partial charge in [-0.05, 0) is 11.6 Å². The number of hydrogen-bond acceptors (Lipinski definition) is 5. The molecule has 0 unspecified atom stereocenters. The highest BCUT2D eigenvalue weighted by Gasteiger charge is 2.08. The van der Waals surface area contributed by atoms with E-state index in [4.69, 9.17) is 11.6 Å². The minimum atomic E-state index is -0.143. The highest BCUT2D eigenvalue weighted by Crippen LogP contribution is 2.19. The number of halogens is 1. The van der Waals surface area contributed by atoms with Crippen LogP contribution in [0.3, 0.4) is 0 Å². The summed E-state index contributed by atoms with van der Waals surface area (Å²) < 4.78 is 0. The first-order valence-electron chi connectivity index (χ1n) is 5.63. The van der Waals surface area contributed by atoms with Crippen molar-refractivity contribution < 1.29 is 4.79 Å². The van der Waals surface area contributed by atoms with Crippen molar-refractivity contribution in [2.24, 2.45) is 0 Å². The zero-order chi connectivity index (χ0) is 13.8. The number of aromatic nitrogens is 4. The van der Waals surface area contributed by atoms with E-state index in [1.807, 2.05) is 0 Å². The summed E-state index contributed by atoms with van der Waals surface area (Å²) in [5.41, 5.74) is 0.569. The SMILES string of the molecule is CN(C)C(=O)NCCNc1nc(Cl)nc2[nH]ncc12. The minimum Gasteiger partial charge on any atom is -0.368 e. The Bertz CT molecular complexity index is 582. The van der Waals surface area contributed by atoms with Crippen LogP contribution >= 0.6 is 11.6 Å². The van der Waals surface area contributed by atoms with Crippen LogP contribution in [0.15, 0.2) is 6.20 Å². The van der Waals surface area contributed by atoms with Gasteiger partial charge in [0.2, 0.25) is 5.28 Å². The lowest BCUT2D eigenvalue weighted by Gasteiger charge is -2.12. The molecule has 0 aliphatic rings. The molecule has 2 aromatic rings. The Morgan fingerprint density at radius 2 is 2.21 bits per heavy atom. The summed E-state index contributed by atoms with van der Waals surface area (Å²) in [4.78, 5) is 20.9. The van der Waals surface area contributed by atoms with Crippen LogP contribution in [0, 0.1) is 0 Å². The molecule has 0 aliphatic heterocycles. The van der Waals surface area contributed by atoms with Crippen molar-refractivity contribution in [3.05, 3.63) is 11.5 Å². The Hall–Kier alpha value is -2.09. The second kappa shape index (κ2) is 5.70. The van der Waals surface area contributed by atoms with Gasteiger partial charge in [-0.3, -0.25) is 5.10 Å². The summed E-state index contributed by atoms with van der Waals surface area (Å²) in [6.45, 7) is 0.991. The number of H-pyrrole nitrogens is 1. The Kier molecular flexibility index (Phi) is 4.00. The van der Waals surface area contributed by atoms with E-state index in [0.29, 0.717) is 24.6 Å². The maximum absolute atomic E-state index is 11.3. The lowest BCUT2D eigenvalue weighted by molar-refractivity contribution is 0.218. The molecule has 19 heavy (non-hydrogen) atoms. The summed E-state index contributed by atoms with van der Waals surface area (Å²) in [5, 5.41) is 13.3. The number of amides is 2. The molecule has 0 aliphatic carbocycles. The van der Waals surface area contributed by atoms with Gasteiger partial charge in [0, 0.05) is 27.2 Å². The highest BCUT2D eigenvalue weighted by molar-refractivity contribution is 6.28. The molecule has 0 atom stereocenters. The number of nitrogens with zero attached hydrogens (tertiary/aromatic N) is 4. The van der Waals surface area contributed by atoms with Gasteiger partial charge in [-0.2, -0.15) is 15.1 Å². The largest absolute Gasteiger partial charge is 0.368 e. The van der Waals surface area contributed by atoms with E-state index in [1.54, 1.807) is 20.3 Å². The molecule has 102 valence electrons. The molecule has 0 saturated heterocycles. The van der Waals surface area contributed by atoms with E-state index in [-0.39, 0.29) is 11.3 Å². The normalized spacial score (nSPS) is 10.5. The van der Waals surface area contributed by atoms with E-state index in [2.05, 4.69) is 30.8 Å². The minimum absolute atomic E-state index is 0.136. The first kappa shape index (κ1) is 13.3. The Labute approximate surface area is 114 Å². The zero-order valence-corrected chi connectivity index (χ0v) is 11.3. The molecular weight excluding hydrogens is 270 g/mol. The number of aromatic amines is 1. The average Bonchev–Trinajstić information content (AvgIpc) is 2.81. The average molecular weight is 284 g/mol. The number of urea groups is 1. The second-order valence-electron chi connectivity index (χ2n) is 4.03. The molecule has 0 fully saturated rings. The molecule has 0 radical (unpaired) electrons. The van der Waals surface area contributed by atoms with Crippen LogP contribution in [0.5, 0.6) is 0 Å². The summed E-state index contributed by atoms with van der Waals surface area (Å²) in [6, 6.07) is -0.143. The van der Waals surface area contributed by atoms with Crippen LogP contribution in [0.2, 0.25) is 5.28 Å². The van der Waals surface area contributed by atoms with Crippen molar-refractivity contribution in [2.75, 3.05) is 32.5 Å². The van der Waals surface area contributed by atoms with Crippen LogP contribution in [0.4, 0.5) is 10.6 Å². The fourth-order valence-electron chi connectivity index (χ4n) is 1.45. The Morgan fingerprint density at radius 3 is 2.95 bits per heavy atom. The molecule has 9 heteroatoms. The van der Waals surface area contributed by atoms with Gasteiger partial charge in [0.25, 0.3) is 0 Å². The molecular formula is C10H14ClN7O. The molecule has 0 spiro atoms. The zero-order valence-electron chi connectivity index (χ0n) is 10.6. The molecule has 8 nitrogen and oxygen atoms in total. The fraction of sp³-hybridized carbons (Fsp3) is 0.400. The van der Waals surface area contributed by atoms with Crippen molar-refractivity contribution in [1.29, 1.82) is 0 Å². The predicted molar refractivity (Wildman–Crippen MR) is 72.3 cm³/mol. The van der Waals surface area contributed by atoms with Crippen LogP contribution in [0.1, 0.15) is 0 Å². The Balaban J connectivity index is 1.94. The van der Waals surface area contributed by atoms with Crippen molar-refractivity contribution in [1.82, 2.24) is 30.4 Å². The third kappa shape index (κ3) is 3.22. The number of rotatable bonds is 4. The molecule has 2 rings (SSSR count). The third-order valence-corrected chi connectivity index (χ3v) is 2.55. The molecule has 2 heterocycles. The number of carbonyl (C=O) groups is 1. The van der Waals surface area contributed by atoms with E-state index in [0.717, 1.165) is 5.39 Å². The smallest absolute Gasteiger partial charge is 0.316 e. The van der Waals surface area contributed by atoms with Crippen LogP contribution in [-0.4, -0.2) is 58.3 Å². The lowest BCUT2D eigenvalue weighted by atomic mass is 10.4. The van der Waals surface area contributed by atoms with Gasteiger partial charge in [0.15, 0.2) is 5.65 Å². The van der Waals surface area contributed by atoms with E-state index in [9.17, 15) is 4.79 Å². The van der Waals surface area contributed by atoms with Gasteiger partial charge >= 0.3 is 6.03 Å². The summed E-state index contributed by atoms with van der Waals surface area (Å²) in [6.07, 6.45) is 1.62. The fourth-order valence-corrected chi connectivity index (χ4v) is 1.62. The monoisotopic (exact) mass is 283 g/mol. The Morgan fingerprint density at radius 1 is 1.42 bits per heavy atom. The van der Waals surface area contributed by atoms with Crippen LogP contribution in [-0.2, 0) is 0 Å². The van der Waals surface area contributed by atoms with Crippen molar-refractivity contribution in [3.8, 4) is 0 Å². The maximum atomic E-state index is 11.3. The molecule has 2 aromatic heterocycles. The number of nitrogens with one attached hydrogen (secondary N) is 3. The van der Waals surface area contributed by atoms with Crippen molar-refractivity contribution in [2.45, 2.75) is 0 Å². The molecule has 3 N–H and O–H groups in total. The van der Waals surface area contributed by atoms with Crippen LogP contribution in [0.25, 0.3) is 11.0 Å². The van der Waals surface area contributed by atoms with E-state index < -0.39 is 0 Å². The van der Waals surface area contributed by atoms with Gasteiger partial charge in [-0.1, -0.05) is 0 Å². The van der Waals surface area contributed by atoms with Gasteiger partial charge in [0.05, 0.1) is 11.6 Å². The number of carbonyl (C=O) groups excluding carboxylic acids is 1. The topological polar surface area (TPSA) is 98.8 Å². The van der Waals surface area contributed by atoms with E-state index >= 15 is 0 Å².